The van der Waals surface area contributed by atoms with E-state index in [-0.39, 0.29) is 11.1 Å². The van der Waals surface area contributed by atoms with Gasteiger partial charge in [0.25, 0.3) is 0 Å². The van der Waals surface area contributed by atoms with E-state index in [1.54, 1.807) is 54.6 Å². The third-order valence-electron chi connectivity index (χ3n) is 6.32. The second kappa shape index (κ2) is 11.5. The van der Waals surface area contributed by atoms with Crippen LogP contribution in [0.15, 0.2) is 91.0 Å². The van der Waals surface area contributed by atoms with Gasteiger partial charge in [-0.2, -0.15) is 0 Å². The third kappa shape index (κ3) is 4.96. The van der Waals surface area contributed by atoms with Gasteiger partial charge in [0.15, 0.2) is 35.6 Å². The minimum absolute atomic E-state index is 0.0249. The Morgan fingerprint density at radius 3 is 2.05 bits per heavy atom. The fourth-order valence-corrected chi connectivity index (χ4v) is 4.49. The van der Waals surface area contributed by atoms with E-state index in [0.29, 0.717) is 5.75 Å². The maximum atomic E-state index is 15.9. The van der Waals surface area contributed by atoms with Crippen LogP contribution in [-0.2, 0) is 14.2 Å². The highest BCUT2D eigenvalue weighted by atomic mass is 32.1. The first-order valence-corrected chi connectivity index (χ1v) is 12.0. The first kappa shape index (κ1) is 27.5. The number of ketones is 2. The van der Waals surface area contributed by atoms with Crippen LogP contribution < -0.4 is 4.74 Å². The summed E-state index contributed by atoms with van der Waals surface area (Å²) in [5.41, 5.74) is -5.90. The van der Waals surface area contributed by atoms with Crippen LogP contribution in [0.5, 0.6) is 5.75 Å². The molecule has 1 aliphatic rings. The van der Waals surface area contributed by atoms with Gasteiger partial charge in [-0.15, -0.1) is 0 Å². The zero-order chi connectivity index (χ0) is 27.3. The Morgan fingerprint density at radius 1 is 0.974 bits per heavy atom. The van der Waals surface area contributed by atoms with Gasteiger partial charge in [-0.05, 0) is 12.1 Å². The molecular formula is C28H25FO8S. The molecule has 38 heavy (non-hydrogen) atoms. The van der Waals surface area contributed by atoms with E-state index in [4.69, 9.17) is 31.2 Å². The summed E-state index contributed by atoms with van der Waals surface area (Å²) in [6.45, 7) is -0.937. The number of ether oxygens (including phenoxy) is 4. The number of halogens is 1. The first-order chi connectivity index (χ1) is 18.2. The predicted molar refractivity (Wildman–Crippen MR) is 138 cm³/mol. The molecule has 1 saturated heterocycles. The smallest absolute Gasteiger partial charge is 0.357 e. The molecule has 0 spiro atoms. The molecule has 0 aliphatic carbocycles. The van der Waals surface area contributed by atoms with Crippen LogP contribution in [0, 0.1) is 0 Å². The van der Waals surface area contributed by atoms with Crippen molar-refractivity contribution >= 4 is 29.0 Å². The monoisotopic (exact) mass is 540 g/mol. The van der Waals surface area contributed by atoms with E-state index in [1.165, 1.54) is 36.4 Å². The highest BCUT2D eigenvalue weighted by Gasteiger charge is 2.74. The second-order valence-corrected chi connectivity index (χ2v) is 8.89. The fraction of sp³-hybridized carbons (Fsp3) is 0.250. The van der Waals surface area contributed by atoms with Gasteiger partial charge in [-0.25, -0.2) is 4.39 Å². The third-order valence-corrected chi connectivity index (χ3v) is 6.52. The molecule has 1 aliphatic heterocycles. The molecule has 1 fully saturated rings. The molecule has 0 aromatic heterocycles. The average molecular weight is 541 g/mol. The highest BCUT2D eigenvalue weighted by molar-refractivity contribution is 7.79. The molecule has 0 amide bonds. The van der Waals surface area contributed by atoms with Crippen molar-refractivity contribution < 1.29 is 43.1 Å². The largest absolute Gasteiger partial charge is 0.453 e. The molecule has 1 heterocycles. The zero-order valence-electron chi connectivity index (χ0n) is 20.2. The summed E-state index contributed by atoms with van der Waals surface area (Å²) >= 11 is 5.13. The van der Waals surface area contributed by atoms with Crippen LogP contribution in [0.1, 0.15) is 20.7 Å². The molecule has 8 nitrogen and oxygen atoms in total. The minimum Gasteiger partial charge on any atom is -0.453 e. The van der Waals surface area contributed by atoms with Crippen molar-refractivity contribution in [1.82, 2.24) is 0 Å². The van der Waals surface area contributed by atoms with Crippen LogP contribution >= 0.6 is 12.2 Å². The predicted octanol–water partition coefficient (Wildman–Crippen LogP) is 3.30. The summed E-state index contributed by atoms with van der Waals surface area (Å²) in [6.07, 6.45) is -6.65. The Bertz CT molecular complexity index is 1280. The number of aliphatic hydroxyl groups is 2. The van der Waals surface area contributed by atoms with Gasteiger partial charge in [0.2, 0.25) is 5.78 Å². The van der Waals surface area contributed by atoms with E-state index in [2.05, 4.69) is 0 Å². The first-order valence-electron chi connectivity index (χ1n) is 11.6. The van der Waals surface area contributed by atoms with Crippen LogP contribution in [-0.4, -0.2) is 70.5 Å². The number of carbonyl (C=O) groups excluding carboxylic acids is 2. The number of methoxy groups -OCH3 is 1. The van der Waals surface area contributed by atoms with E-state index in [0.717, 1.165) is 7.11 Å². The molecule has 4 rings (SSSR count). The normalized spacial score (nSPS) is 25.4. The summed E-state index contributed by atoms with van der Waals surface area (Å²) in [6, 6.07) is 23.3. The van der Waals surface area contributed by atoms with E-state index >= 15 is 4.39 Å². The maximum absolute atomic E-state index is 15.9. The van der Waals surface area contributed by atoms with Gasteiger partial charge < -0.3 is 29.2 Å². The lowest BCUT2D eigenvalue weighted by atomic mass is 9.71. The topological polar surface area (TPSA) is 112 Å². The summed E-state index contributed by atoms with van der Waals surface area (Å²) in [4.78, 5) is 27.1. The number of benzene rings is 3. The van der Waals surface area contributed by atoms with Gasteiger partial charge in [-0.3, -0.25) is 9.59 Å². The Morgan fingerprint density at radius 2 is 1.50 bits per heavy atom. The van der Waals surface area contributed by atoms with Crippen LogP contribution in [0.2, 0.25) is 0 Å². The lowest BCUT2D eigenvalue weighted by Gasteiger charge is -2.41. The lowest BCUT2D eigenvalue weighted by Crippen LogP contribution is -2.69. The Labute approximate surface area is 223 Å². The van der Waals surface area contributed by atoms with Gasteiger partial charge in [0.05, 0.1) is 0 Å². The Hall–Kier alpha value is -3.54. The summed E-state index contributed by atoms with van der Waals surface area (Å²) < 4.78 is 37.6. The second-order valence-electron chi connectivity index (χ2n) is 8.56. The number of hydrogen-bond acceptors (Lipinski definition) is 9. The average Bonchev–Trinajstić information content (AvgIpc) is 3.19. The van der Waals surface area contributed by atoms with Crippen LogP contribution in [0.4, 0.5) is 4.39 Å². The molecule has 3 aromatic carbocycles. The number of para-hydroxylation sites is 1. The lowest BCUT2D eigenvalue weighted by molar-refractivity contribution is -0.216. The number of rotatable bonds is 9. The standard InChI is InChI=1S/C28H25FO8S/c1-34-25-22(29)28(33,23(31)19-13-7-3-8-14-19)27(37-25,24(32)21(30)18-11-5-2-6-12-18)17-35-26(38)36-20-15-9-4-10-16-20/h2-16,22,24-25,32-33H,17H2,1H3/t22-,24?,25-,27+,28+/m0/s1. The molecule has 0 saturated carbocycles. The van der Waals surface area contributed by atoms with Gasteiger partial charge in [0, 0.05) is 30.5 Å². The van der Waals surface area contributed by atoms with Gasteiger partial charge >= 0.3 is 5.24 Å². The Kier molecular flexibility index (Phi) is 8.29. The van der Waals surface area contributed by atoms with E-state index in [9.17, 15) is 19.8 Å². The van der Waals surface area contributed by atoms with Crippen molar-refractivity contribution in [2.75, 3.05) is 13.7 Å². The fourth-order valence-electron chi connectivity index (χ4n) is 4.33. The SMILES string of the molecule is CO[C@H]1O[C@](COC(=S)Oc2ccccc2)(C(O)C(=O)c2ccccc2)[C@](O)(C(=O)c2ccccc2)[C@H]1F. The molecule has 0 bridgehead atoms. The minimum atomic E-state index is -3.14. The van der Waals surface area contributed by atoms with Crippen LogP contribution in [0.3, 0.4) is 0 Å². The molecule has 10 heteroatoms. The molecule has 1 unspecified atom stereocenters. The van der Waals surface area contributed by atoms with E-state index < -0.39 is 53.2 Å². The van der Waals surface area contributed by atoms with Crippen LogP contribution in [0.25, 0.3) is 0 Å². The van der Waals surface area contributed by atoms with Gasteiger partial charge in [0.1, 0.15) is 12.4 Å². The highest BCUT2D eigenvalue weighted by Crippen LogP contribution is 2.47. The maximum Gasteiger partial charge on any atom is 0.357 e. The molecule has 198 valence electrons. The number of thiocarbonyl (C=S) groups is 1. The molecular weight excluding hydrogens is 515 g/mol. The number of Topliss-reactive ketones (excluding diaryl/α,β-unsaturated/α-hetero) is 2. The van der Waals surface area contributed by atoms with Gasteiger partial charge in [-0.1, -0.05) is 78.9 Å². The Balaban J connectivity index is 1.78. The molecule has 2 N–H and O–H groups in total. The van der Waals surface area contributed by atoms with Crippen molar-refractivity contribution in [3.8, 4) is 5.75 Å². The molecule has 5 atom stereocenters. The molecule has 0 radical (unpaired) electrons. The number of alkyl halides is 1. The molecule has 3 aromatic rings. The van der Waals surface area contributed by atoms with Crippen molar-refractivity contribution in [2.24, 2.45) is 0 Å². The quantitative estimate of drug-likeness (QED) is 0.312. The summed E-state index contributed by atoms with van der Waals surface area (Å²) in [5.74, 6) is -1.79. The number of carbonyl (C=O) groups is 2. The zero-order valence-corrected chi connectivity index (χ0v) is 21.0. The van der Waals surface area contributed by atoms with Crippen molar-refractivity contribution in [2.45, 2.75) is 29.8 Å². The van der Waals surface area contributed by atoms with Crippen molar-refractivity contribution in [3.05, 3.63) is 102 Å². The summed E-state index contributed by atoms with van der Waals surface area (Å²) in [5, 5.41) is 22.8. The number of hydrogen-bond donors (Lipinski definition) is 2. The number of aliphatic hydroxyl groups excluding tert-OH is 1. The van der Waals surface area contributed by atoms with Crippen molar-refractivity contribution in [1.29, 1.82) is 0 Å². The van der Waals surface area contributed by atoms with Crippen molar-refractivity contribution in [3.63, 3.8) is 0 Å². The van der Waals surface area contributed by atoms with E-state index in [1.807, 2.05) is 0 Å². The summed E-state index contributed by atoms with van der Waals surface area (Å²) in [7, 11) is 1.09.